The molecule has 0 spiro atoms. The van der Waals surface area contributed by atoms with Gasteiger partial charge in [0.15, 0.2) is 0 Å². The van der Waals surface area contributed by atoms with Gasteiger partial charge in [0.1, 0.15) is 17.3 Å². The van der Waals surface area contributed by atoms with Crippen LogP contribution in [-0.4, -0.2) is 50.8 Å². The van der Waals surface area contributed by atoms with Crippen LogP contribution in [0.1, 0.15) is 53.0 Å². The van der Waals surface area contributed by atoms with Gasteiger partial charge in [0.2, 0.25) is 11.5 Å². The Bertz CT molecular complexity index is 1650. The van der Waals surface area contributed by atoms with E-state index in [2.05, 4.69) is 15.4 Å². The first kappa shape index (κ1) is 29.0. The molecule has 42 heavy (non-hydrogen) atoms. The average Bonchev–Trinajstić information content (AvgIpc) is 3.70. The number of rotatable bonds is 10. The summed E-state index contributed by atoms with van der Waals surface area (Å²) in [7, 11) is 0. The molecule has 0 radical (unpaired) electrons. The summed E-state index contributed by atoms with van der Waals surface area (Å²) in [6.45, 7) is 0.378. The second-order valence-electron chi connectivity index (χ2n) is 10.1. The van der Waals surface area contributed by atoms with Gasteiger partial charge in [-0.05, 0) is 68.3 Å². The highest BCUT2D eigenvalue weighted by molar-refractivity contribution is 5.95. The number of fused-ring (bicyclic) bond motifs is 1. The fourth-order valence-electron chi connectivity index (χ4n) is 4.61. The van der Waals surface area contributed by atoms with Gasteiger partial charge >= 0.3 is 6.18 Å². The highest BCUT2D eigenvalue weighted by Gasteiger charge is 2.56. The number of benzene rings is 1. The molecule has 1 fully saturated rings. The van der Waals surface area contributed by atoms with Crippen molar-refractivity contribution in [1.29, 1.82) is 0 Å². The molecule has 0 saturated heterocycles. The number of ether oxygens (including phenoxy) is 1. The molecule has 1 atom stereocenters. The summed E-state index contributed by atoms with van der Waals surface area (Å²) in [5.74, 6) is -2.01. The van der Waals surface area contributed by atoms with E-state index in [4.69, 9.17) is 10.5 Å². The number of alkyl halides is 3. The van der Waals surface area contributed by atoms with Gasteiger partial charge in [-0.25, -0.2) is 13.9 Å². The summed E-state index contributed by atoms with van der Waals surface area (Å²) in [6, 6.07) is 10.3. The number of carbonyl (C=O) groups is 2. The van der Waals surface area contributed by atoms with Crippen LogP contribution in [0.3, 0.4) is 0 Å². The van der Waals surface area contributed by atoms with Gasteiger partial charge in [-0.3, -0.25) is 9.59 Å². The molecule has 2 amide bonds. The number of nitrogens with two attached hydrogens (primary N) is 1. The van der Waals surface area contributed by atoms with Crippen LogP contribution in [0.25, 0.3) is 16.8 Å². The minimum Gasteiger partial charge on any atom is -0.491 e. The zero-order chi connectivity index (χ0) is 30.2. The van der Waals surface area contributed by atoms with Gasteiger partial charge in [-0.15, -0.1) is 0 Å². The van der Waals surface area contributed by atoms with Gasteiger partial charge in [-0.2, -0.15) is 18.3 Å². The van der Waals surface area contributed by atoms with E-state index in [-0.39, 0.29) is 34.7 Å². The Morgan fingerprint density at radius 2 is 1.86 bits per heavy atom. The summed E-state index contributed by atoms with van der Waals surface area (Å²) in [4.78, 5) is 28.9. The van der Waals surface area contributed by atoms with Crippen molar-refractivity contribution >= 4 is 17.3 Å². The van der Waals surface area contributed by atoms with Crippen molar-refractivity contribution in [3.63, 3.8) is 0 Å². The van der Waals surface area contributed by atoms with Crippen molar-refractivity contribution in [2.75, 3.05) is 13.2 Å². The molecule has 0 bridgehead atoms. The molecule has 220 valence electrons. The molecule has 3 heterocycles. The van der Waals surface area contributed by atoms with Crippen molar-refractivity contribution in [2.24, 2.45) is 5.73 Å². The van der Waals surface area contributed by atoms with Gasteiger partial charge < -0.3 is 20.9 Å². The fourth-order valence-corrected chi connectivity index (χ4v) is 4.61. The Labute approximate surface area is 237 Å². The van der Waals surface area contributed by atoms with Crippen LogP contribution in [0.5, 0.6) is 5.75 Å². The third-order valence-electron chi connectivity index (χ3n) is 6.96. The second kappa shape index (κ2) is 11.0. The molecule has 4 aromatic rings. The molecule has 0 aliphatic heterocycles. The lowest BCUT2D eigenvalue weighted by Gasteiger charge is -2.31. The van der Waals surface area contributed by atoms with E-state index in [1.54, 1.807) is 11.4 Å². The van der Waals surface area contributed by atoms with Crippen LogP contribution in [-0.2, 0) is 16.8 Å². The summed E-state index contributed by atoms with van der Waals surface area (Å²) in [6.07, 6.45) is -2.27. The number of primary amides is 1. The van der Waals surface area contributed by atoms with E-state index < -0.39 is 48.1 Å². The molecular weight excluding hydrogens is 558 g/mol. The first-order valence-corrected chi connectivity index (χ1v) is 13.2. The van der Waals surface area contributed by atoms with Gasteiger partial charge in [0.25, 0.3) is 5.91 Å². The molecule has 4 N–H and O–H groups in total. The maximum Gasteiger partial charge on any atom is 0.424 e. The standard InChI is InChI=1S/C29H27F4N5O4/c1-2-42-26-19(13-24(34)39)12-23(36-25(26)17-5-7-20(30)8-6-17)28(41,29(31,32)33)15-35-27(40)18-9-10-38-21(11-18)14-22(37-38)16-3-4-16/h5-12,14,16,41H,2-4,13,15H2,1H3,(H2,34,39)(H,35,40)/t28-/m0/s1. The van der Waals surface area contributed by atoms with E-state index in [0.29, 0.717) is 11.4 Å². The number of aliphatic hydroxyl groups is 1. The second-order valence-corrected chi connectivity index (χ2v) is 10.1. The van der Waals surface area contributed by atoms with Crippen molar-refractivity contribution in [3.05, 3.63) is 83.1 Å². The van der Waals surface area contributed by atoms with Crippen molar-refractivity contribution in [3.8, 4) is 17.0 Å². The average molecular weight is 586 g/mol. The number of aromatic nitrogens is 3. The Morgan fingerprint density at radius 1 is 1.14 bits per heavy atom. The van der Waals surface area contributed by atoms with Crippen molar-refractivity contribution in [2.45, 2.75) is 43.9 Å². The smallest absolute Gasteiger partial charge is 0.424 e. The molecule has 0 unspecified atom stereocenters. The number of hydrogen-bond donors (Lipinski definition) is 3. The quantitative estimate of drug-likeness (QED) is 0.241. The molecule has 1 aromatic carbocycles. The van der Waals surface area contributed by atoms with E-state index in [1.165, 1.54) is 30.5 Å². The number of hydrogen-bond acceptors (Lipinski definition) is 6. The van der Waals surface area contributed by atoms with Gasteiger partial charge in [-0.1, -0.05) is 0 Å². The van der Waals surface area contributed by atoms with E-state index in [1.807, 2.05) is 6.07 Å². The number of amides is 2. The Hall–Kier alpha value is -4.52. The first-order chi connectivity index (χ1) is 19.9. The molecular formula is C29H27F4N5O4. The lowest BCUT2D eigenvalue weighted by Crippen LogP contribution is -2.51. The SMILES string of the molecule is CCOc1c(CC(N)=O)cc([C@@](O)(CNC(=O)c2ccn3nc(C4CC4)cc3c2)C(F)(F)F)nc1-c1ccc(F)cc1. The highest BCUT2D eigenvalue weighted by atomic mass is 19.4. The first-order valence-electron chi connectivity index (χ1n) is 13.2. The Balaban J connectivity index is 1.52. The molecule has 5 rings (SSSR count). The highest BCUT2D eigenvalue weighted by Crippen LogP contribution is 2.42. The third kappa shape index (κ3) is 5.77. The van der Waals surface area contributed by atoms with Crippen LogP contribution in [0.15, 0.2) is 54.7 Å². The van der Waals surface area contributed by atoms with Crippen LogP contribution in [0, 0.1) is 5.82 Å². The maximum absolute atomic E-state index is 14.5. The lowest BCUT2D eigenvalue weighted by atomic mass is 9.93. The predicted octanol–water partition coefficient (Wildman–Crippen LogP) is 4.02. The maximum atomic E-state index is 14.5. The van der Waals surface area contributed by atoms with Crippen LogP contribution in [0.2, 0.25) is 0 Å². The van der Waals surface area contributed by atoms with Gasteiger partial charge in [0.05, 0.1) is 36.5 Å². The minimum atomic E-state index is -5.32. The Kier molecular flexibility index (Phi) is 7.62. The molecule has 1 saturated carbocycles. The third-order valence-corrected chi connectivity index (χ3v) is 6.96. The molecule has 1 aliphatic carbocycles. The number of carbonyl (C=O) groups excluding carboxylic acids is 2. The summed E-state index contributed by atoms with van der Waals surface area (Å²) in [5, 5.41) is 17.7. The minimum absolute atomic E-state index is 0.0418. The van der Waals surface area contributed by atoms with Crippen LogP contribution in [0.4, 0.5) is 17.6 Å². The molecule has 9 nitrogen and oxygen atoms in total. The number of nitrogens with one attached hydrogen (secondary N) is 1. The topological polar surface area (TPSA) is 132 Å². The fraction of sp³-hybridized carbons (Fsp3) is 0.310. The van der Waals surface area contributed by atoms with Crippen LogP contribution >= 0.6 is 0 Å². The zero-order valence-electron chi connectivity index (χ0n) is 22.4. The Morgan fingerprint density at radius 3 is 2.48 bits per heavy atom. The molecule has 13 heteroatoms. The monoisotopic (exact) mass is 585 g/mol. The number of nitrogens with zero attached hydrogens (tertiary/aromatic N) is 3. The number of pyridine rings is 2. The number of halogens is 4. The largest absolute Gasteiger partial charge is 0.491 e. The summed E-state index contributed by atoms with van der Waals surface area (Å²) >= 11 is 0. The van der Waals surface area contributed by atoms with E-state index in [0.717, 1.165) is 36.7 Å². The zero-order valence-corrected chi connectivity index (χ0v) is 22.4. The summed E-state index contributed by atoms with van der Waals surface area (Å²) in [5.41, 5.74) is 2.23. The van der Waals surface area contributed by atoms with Crippen molar-refractivity contribution < 1.29 is 37.0 Å². The molecule has 3 aromatic heterocycles. The molecule has 1 aliphatic rings. The van der Waals surface area contributed by atoms with Gasteiger partial charge in [0, 0.05) is 28.8 Å². The van der Waals surface area contributed by atoms with E-state index >= 15 is 0 Å². The predicted molar refractivity (Wildman–Crippen MR) is 143 cm³/mol. The summed E-state index contributed by atoms with van der Waals surface area (Å²) < 4.78 is 64.4. The van der Waals surface area contributed by atoms with E-state index in [9.17, 15) is 32.3 Å². The van der Waals surface area contributed by atoms with Crippen molar-refractivity contribution in [1.82, 2.24) is 19.9 Å². The normalized spacial score (nSPS) is 14.9. The lowest BCUT2D eigenvalue weighted by molar-refractivity contribution is -0.265. The van der Waals surface area contributed by atoms with Crippen LogP contribution < -0.4 is 15.8 Å².